The number of ether oxygens (including phenoxy) is 1. The predicted octanol–water partition coefficient (Wildman–Crippen LogP) is 2.61. The van der Waals surface area contributed by atoms with Crippen LogP contribution in [0.1, 0.15) is 47.5 Å². The number of carbonyl (C=O) groups excluding carboxylic acids is 2. The molecule has 4 heteroatoms. The van der Waals surface area contributed by atoms with Crippen LogP contribution < -0.4 is 0 Å². The fourth-order valence-electron chi connectivity index (χ4n) is 2.91. The van der Waals surface area contributed by atoms with Crippen molar-refractivity contribution in [1.82, 2.24) is 4.90 Å². The zero-order valence-electron chi connectivity index (χ0n) is 12.0. The number of carbonyl (C=O) groups is 2. The molecule has 0 radical (unpaired) electrons. The molecule has 1 saturated carbocycles. The van der Waals surface area contributed by atoms with Crippen LogP contribution in [0.15, 0.2) is 0 Å². The summed E-state index contributed by atoms with van der Waals surface area (Å²) in [4.78, 5) is 25.8. The summed E-state index contributed by atoms with van der Waals surface area (Å²) in [6.07, 6.45) is 1.05. The summed E-state index contributed by atoms with van der Waals surface area (Å²) < 4.78 is 5.38. The predicted molar refractivity (Wildman–Crippen MR) is 68.3 cm³/mol. The number of amides is 1. The van der Waals surface area contributed by atoms with Gasteiger partial charge in [0.25, 0.3) is 0 Å². The van der Waals surface area contributed by atoms with Crippen LogP contribution in [-0.2, 0) is 9.53 Å². The second kappa shape index (κ2) is 3.72. The van der Waals surface area contributed by atoms with Gasteiger partial charge in [-0.3, -0.25) is 4.79 Å². The third kappa shape index (κ3) is 2.13. The quantitative estimate of drug-likeness (QED) is 0.666. The highest BCUT2D eigenvalue weighted by Crippen LogP contribution is 2.65. The van der Waals surface area contributed by atoms with Crippen LogP contribution >= 0.6 is 0 Å². The Labute approximate surface area is 109 Å². The van der Waals surface area contributed by atoms with E-state index in [1.54, 1.807) is 4.90 Å². The lowest BCUT2D eigenvalue weighted by atomic mass is 9.86. The number of likely N-dealkylation sites (tertiary alicyclic amines) is 1. The Morgan fingerprint density at radius 1 is 1.33 bits per heavy atom. The van der Waals surface area contributed by atoms with E-state index < -0.39 is 5.60 Å². The van der Waals surface area contributed by atoms with Gasteiger partial charge in [-0.05, 0) is 32.6 Å². The highest BCUT2D eigenvalue weighted by atomic mass is 16.6. The van der Waals surface area contributed by atoms with E-state index in [4.69, 9.17) is 4.74 Å². The van der Waals surface area contributed by atoms with Crippen LogP contribution in [-0.4, -0.2) is 35.5 Å². The summed E-state index contributed by atoms with van der Waals surface area (Å²) in [5.74, 6) is 0.312. The van der Waals surface area contributed by atoms with Gasteiger partial charge in [-0.1, -0.05) is 13.8 Å². The van der Waals surface area contributed by atoms with Crippen LogP contribution in [0.3, 0.4) is 0 Å². The number of hydrogen-bond donors (Lipinski definition) is 0. The lowest BCUT2D eigenvalue weighted by Gasteiger charge is -2.35. The van der Waals surface area contributed by atoms with Crippen molar-refractivity contribution in [2.24, 2.45) is 10.8 Å². The van der Waals surface area contributed by atoms with Gasteiger partial charge >= 0.3 is 6.09 Å². The van der Waals surface area contributed by atoms with Gasteiger partial charge in [-0.25, -0.2) is 4.79 Å². The van der Waals surface area contributed by atoms with Gasteiger partial charge in [-0.2, -0.15) is 0 Å². The molecule has 0 aromatic carbocycles. The molecule has 2 fully saturated rings. The van der Waals surface area contributed by atoms with E-state index in [1.165, 1.54) is 0 Å². The van der Waals surface area contributed by atoms with Crippen LogP contribution in [0.4, 0.5) is 4.79 Å². The van der Waals surface area contributed by atoms with Crippen molar-refractivity contribution in [1.29, 1.82) is 0 Å². The summed E-state index contributed by atoms with van der Waals surface area (Å²) in [6, 6.07) is 0. The van der Waals surface area contributed by atoms with Crippen LogP contribution in [0, 0.1) is 10.8 Å². The molecule has 1 heterocycles. The molecule has 1 atom stereocenters. The molecule has 4 nitrogen and oxygen atoms in total. The number of rotatable bonds is 0. The maximum absolute atomic E-state index is 12.1. The summed E-state index contributed by atoms with van der Waals surface area (Å²) in [7, 11) is 0. The molecule has 2 rings (SSSR count). The number of ketones is 1. The largest absolute Gasteiger partial charge is 0.444 e. The third-order valence-corrected chi connectivity index (χ3v) is 4.17. The first-order valence-corrected chi connectivity index (χ1v) is 6.59. The third-order valence-electron chi connectivity index (χ3n) is 4.17. The Bertz CT molecular complexity index is 394. The zero-order chi connectivity index (χ0) is 13.8. The van der Waals surface area contributed by atoms with Crippen LogP contribution in [0.2, 0.25) is 0 Å². The number of Topliss-reactive ketones (excluding diaryl/α,β-unsaturated/α-hetero) is 1. The fourth-order valence-corrected chi connectivity index (χ4v) is 2.91. The average molecular weight is 253 g/mol. The van der Waals surface area contributed by atoms with Crippen LogP contribution in [0.5, 0.6) is 0 Å². The monoisotopic (exact) mass is 253 g/mol. The van der Waals surface area contributed by atoms with Crippen molar-refractivity contribution >= 4 is 11.9 Å². The van der Waals surface area contributed by atoms with Crippen molar-refractivity contribution in [3.63, 3.8) is 0 Å². The molecule has 0 bridgehead atoms. The number of nitrogens with zero attached hydrogens (tertiary/aromatic N) is 1. The molecule has 0 aromatic rings. The molecule has 18 heavy (non-hydrogen) atoms. The van der Waals surface area contributed by atoms with Crippen molar-refractivity contribution < 1.29 is 14.3 Å². The average Bonchev–Trinajstić information content (AvgIpc) is 2.71. The molecule has 1 aliphatic heterocycles. The molecular formula is C14H23NO3. The topological polar surface area (TPSA) is 46.6 Å². The molecule has 0 N–H and O–H groups in total. The molecule has 0 aromatic heterocycles. The molecular weight excluding hydrogens is 230 g/mol. The summed E-state index contributed by atoms with van der Waals surface area (Å²) in [6.45, 7) is 10.8. The molecule has 1 saturated heterocycles. The van der Waals surface area contributed by atoms with Gasteiger partial charge in [-0.15, -0.1) is 0 Å². The zero-order valence-corrected chi connectivity index (χ0v) is 12.0. The van der Waals surface area contributed by atoms with Crippen LogP contribution in [0.25, 0.3) is 0 Å². The standard InChI is InChI=1S/C14H23NO3/c1-12(2,3)18-11(17)15-7-6-10(16)14(9-15)8-13(14,4)5/h6-9H2,1-5H3. The van der Waals surface area contributed by atoms with E-state index in [9.17, 15) is 9.59 Å². The SMILES string of the molecule is CC(C)(C)OC(=O)N1CCC(=O)C2(C1)CC2(C)C. The van der Waals surface area contributed by atoms with E-state index >= 15 is 0 Å². The fraction of sp³-hybridized carbons (Fsp3) is 0.857. The van der Waals surface area contributed by atoms with Gasteiger partial charge in [0.2, 0.25) is 0 Å². The van der Waals surface area contributed by atoms with E-state index in [1.807, 2.05) is 20.8 Å². The Morgan fingerprint density at radius 3 is 2.33 bits per heavy atom. The second-order valence-electron chi connectivity index (χ2n) is 7.22. The molecule has 1 aliphatic carbocycles. The highest BCUT2D eigenvalue weighted by Gasteiger charge is 2.67. The Morgan fingerprint density at radius 2 is 1.89 bits per heavy atom. The minimum atomic E-state index is -0.481. The van der Waals surface area contributed by atoms with Gasteiger partial charge < -0.3 is 9.64 Å². The normalized spacial score (nSPS) is 30.5. The smallest absolute Gasteiger partial charge is 0.410 e. The number of hydrogen-bond acceptors (Lipinski definition) is 3. The molecule has 102 valence electrons. The lowest BCUT2D eigenvalue weighted by molar-refractivity contribution is -0.129. The van der Waals surface area contributed by atoms with Crippen molar-refractivity contribution in [2.45, 2.75) is 53.1 Å². The van der Waals surface area contributed by atoms with Crippen molar-refractivity contribution in [3.8, 4) is 0 Å². The summed E-state index contributed by atoms with van der Waals surface area (Å²) in [5.41, 5.74) is -0.752. The molecule has 1 amide bonds. The Hall–Kier alpha value is -1.06. The first-order valence-electron chi connectivity index (χ1n) is 6.59. The Kier molecular flexibility index (Phi) is 2.76. The second-order valence-corrected chi connectivity index (χ2v) is 7.22. The van der Waals surface area contributed by atoms with Gasteiger partial charge in [0.05, 0.1) is 5.41 Å². The van der Waals surface area contributed by atoms with E-state index in [2.05, 4.69) is 13.8 Å². The lowest BCUT2D eigenvalue weighted by Crippen LogP contribution is -2.48. The molecule has 2 aliphatic rings. The van der Waals surface area contributed by atoms with Crippen molar-refractivity contribution in [3.05, 3.63) is 0 Å². The minimum Gasteiger partial charge on any atom is -0.444 e. The van der Waals surface area contributed by atoms with E-state index in [0.717, 1.165) is 6.42 Å². The summed E-state index contributed by atoms with van der Waals surface area (Å²) in [5, 5.41) is 0. The Balaban J connectivity index is 2.06. The first kappa shape index (κ1) is 13.4. The van der Waals surface area contributed by atoms with E-state index in [-0.39, 0.29) is 16.9 Å². The number of piperidine rings is 1. The van der Waals surface area contributed by atoms with E-state index in [0.29, 0.717) is 25.3 Å². The van der Waals surface area contributed by atoms with Gasteiger partial charge in [0.15, 0.2) is 0 Å². The minimum absolute atomic E-state index is 0.0325. The highest BCUT2D eigenvalue weighted by molar-refractivity contribution is 5.91. The maximum Gasteiger partial charge on any atom is 0.410 e. The maximum atomic E-state index is 12.1. The van der Waals surface area contributed by atoms with Gasteiger partial charge in [0, 0.05) is 19.5 Å². The first-order chi connectivity index (χ1) is 8.07. The van der Waals surface area contributed by atoms with Crippen molar-refractivity contribution in [2.75, 3.05) is 13.1 Å². The van der Waals surface area contributed by atoms with Gasteiger partial charge in [0.1, 0.15) is 11.4 Å². The summed E-state index contributed by atoms with van der Waals surface area (Å²) >= 11 is 0. The molecule has 1 unspecified atom stereocenters. The molecule has 1 spiro atoms.